The summed E-state index contributed by atoms with van der Waals surface area (Å²) in [6, 6.07) is 14.0. The molecule has 1 aromatic heterocycles. The third kappa shape index (κ3) is 2.02. The zero-order valence-electron chi connectivity index (χ0n) is 10.3. The Kier molecular flexibility index (Phi) is 2.66. The normalized spacial score (nSPS) is 10.3. The van der Waals surface area contributed by atoms with Gasteiger partial charge in [-0.1, -0.05) is 18.2 Å². The van der Waals surface area contributed by atoms with Gasteiger partial charge < -0.3 is 9.72 Å². The van der Waals surface area contributed by atoms with Crippen molar-refractivity contribution >= 4 is 10.8 Å². The van der Waals surface area contributed by atoms with E-state index in [4.69, 9.17) is 10.00 Å². The molecule has 2 aromatic carbocycles. The monoisotopic (exact) mass is 249 g/mol. The summed E-state index contributed by atoms with van der Waals surface area (Å²) in [5.74, 6) is 1.17. The predicted molar refractivity (Wildman–Crippen MR) is 72.8 cm³/mol. The molecule has 0 aliphatic carbocycles. The molecule has 0 aliphatic heterocycles. The molecule has 4 heteroatoms. The van der Waals surface area contributed by atoms with Crippen LogP contribution in [-0.4, -0.2) is 17.1 Å². The van der Waals surface area contributed by atoms with Crippen molar-refractivity contribution in [3.05, 3.63) is 48.4 Å². The van der Waals surface area contributed by atoms with Crippen molar-refractivity contribution in [1.82, 2.24) is 9.97 Å². The van der Waals surface area contributed by atoms with Crippen LogP contribution in [0.5, 0.6) is 5.75 Å². The van der Waals surface area contributed by atoms with E-state index in [1.807, 2.05) is 36.4 Å². The molecule has 19 heavy (non-hydrogen) atoms. The number of fused-ring (bicyclic) bond motifs is 1. The van der Waals surface area contributed by atoms with Crippen molar-refractivity contribution in [3.8, 4) is 23.1 Å². The Hall–Kier alpha value is -2.80. The fourth-order valence-corrected chi connectivity index (χ4v) is 2.04. The maximum atomic E-state index is 8.77. The van der Waals surface area contributed by atoms with Crippen LogP contribution in [-0.2, 0) is 0 Å². The molecular formula is C15H11N3O. The summed E-state index contributed by atoms with van der Waals surface area (Å²) in [5.41, 5.74) is 1.85. The zero-order chi connectivity index (χ0) is 13.2. The molecule has 0 bridgehead atoms. The number of rotatable bonds is 2. The second-order valence-electron chi connectivity index (χ2n) is 4.19. The summed E-state index contributed by atoms with van der Waals surface area (Å²) in [6.45, 7) is 0. The molecular weight excluding hydrogens is 238 g/mol. The summed E-state index contributed by atoms with van der Waals surface area (Å²) >= 11 is 0. The Labute approximate surface area is 110 Å². The lowest BCUT2D eigenvalue weighted by Gasteiger charge is -2.04. The van der Waals surface area contributed by atoms with E-state index in [1.54, 1.807) is 13.3 Å². The standard InChI is InChI=1S/C15H11N3O/c1-19-13-5-4-10-6-12(3-2-11(10)7-13)14-9-17-15(8-16)18-14/h2-7,9H,1H3,(H,17,18). The van der Waals surface area contributed by atoms with Crippen LogP contribution in [0.3, 0.4) is 0 Å². The number of hydrogen-bond donors (Lipinski definition) is 1. The SMILES string of the molecule is COc1ccc2cc(-c3cnc(C#N)[nH]3)ccc2c1. The first kappa shape index (κ1) is 11.3. The second-order valence-corrected chi connectivity index (χ2v) is 4.19. The Morgan fingerprint density at radius 2 is 1.95 bits per heavy atom. The van der Waals surface area contributed by atoms with Crippen molar-refractivity contribution < 1.29 is 4.74 Å². The molecule has 0 aliphatic rings. The Morgan fingerprint density at radius 3 is 2.68 bits per heavy atom. The molecule has 1 heterocycles. The molecule has 0 atom stereocenters. The summed E-state index contributed by atoms with van der Waals surface area (Å²) in [6.07, 6.45) is 1.67. The largest absolute Gasteiger partial charge is 0.497 e. The highest BCUT2D eigenvalue weighted by Crippen LogP contribution is 2.26. The van der Waals surface area contributed by atoms with E-state index in [0.29, 0.717) is 5.82 Å². The van der Waals surface area contributed by atoms with Gasteiger partial charge in [0.2, 0.25) is 5.82 Å². The van der Waals surface area contributed by atoms with Crippen LogP contribution in [0.2, 0.25) is 0 Å². The Morgan fingerprint density at radius 1 is 1.16 bits per heavy atom. The summed E-state index contributed by atoms with van der Waals surface area (Å²) in [7, 11) is 1.66. The van der Waals surface area contributed by atoms with Crippen molar-refractivity contribution in [2.24, 2.45) is 0 Å². The number of H-pyrrole nitrogens is 1. The number of nitrogens with one attached hydrogen (secondary N) is 1. The van der Waals surface area contributed by atoms with Crippen LogP contribution in [0.25, 0.3) is 22.0 Å². The number of ether oxygens (including phenoxy) is 1. The van der Waals surface area contributed by atoms with Crippen molar-refractivity contribution in [2.45, 2.75) is 0 Å². The maximum Gasteiger partial charge on any atom is 0.210 e. The van der Waals surface area contributed by atoms with Crippen molar-refractivity contribution in [1.29, 1.82) is 5.26 Å². The minimum absolute atomic E-state index is 0.324. The Bertz CT molecular complexity index is 783. The number of nitriles is 1. The molecule has 0 saturated carbocycles. The van der Waals surface area contributed by atoms with Gasteiger partial charge in [0.1, 0.15) is 11.8 Å². The number of aromatic amines is 1. The van der Waals surface area contributed by atoms with Gasteiger partial charge in [0.15, 0.2) is 0 Å². The lowest BCUT2D eigenvalue weighted by molar-refractivity contribution is 0.415. The number of methoxy groups -OCH3 is 1. The smallest absolute Gasteiger partial charge is 0.210 e. The van der Waals surface area contributed by atoms with E-state index in [-0.39, 0.29) is 0 Å². The summed E-state index contributed by atoms with van der Waals surface area (Å²) in [5, 5.41) is 11.0. The fraction of sp³-hybridized carbons (Fsp3) is 0.0667. The van der Waals surface area contributed by atoms with Gasteiger partial charge in [0.05, 0.1) is 19.0 Å². The molecule has 3 rings (SSSR count). The van der Waals surface area contributed by atoms with Gasteiger partial charge in [-0.3, -0.25) is 0 Å². The van der Waals surface area contributed by atoms with E-state index in [1.165, 1.54) is 0 Å². The highest BCUT2D eigenvalue weighted by atomic mass is 16.5. The molecule has 0 radical (unpaired) electrons. The third-order valence-electron chi connectivity index (χ3n) is 3.04. The highest BCUT2D eigenvalue weighted by Gasteiger charge is 2.04. The van der Waals surface area contributed by atoms with Crippen LogP contribution in [0.4, 0.5) is 0 Å². The van der Waals surface area contributed by atoms with Gasteiger partial charge in [-0.15, -0.1) is 0 Å². The van der Waals surface area contributed by atoms with Gasteiger partial charge in [-0.2, -0.15) is 5.26 Å². The van der Waals surface area contributed by atoms with Gasteiger partial charge in [0, 0.05) is 5.56 Å². The van der Waals surface area contributed by atoms with E-state index in [2.05, 4.69) is 16.0 Å². The number of imidazole rings is 1. The lowest BCUT2D eigenvalue weighted by atomic mass is 10.1. The molecule has 0 saturated heterocycles. The number of aromatic nitrogens is 2. The molecule has 0 amide bonds. The summed E-state index contributed by atoms with van der Waals surface area (Å²) in [4.78, 5) is 6.95. The van der Waals surface area contributed by atoms with E-state index in [0.717, 1.165) is 27.8 Å². The molecule has 0 unspecified atom stereocenters. The van der Waals surface area contributed by atoms with Gasteiger partial charge in [0.25, 0.3) is 0 Å². The maximum absolute atomic E-state index is 8.77. The highest BCUT2D eigenvalue weighted by molar-refractivity contribution is 5.87. The van der Waals surface area contributed by atoms with Crippen LogP contribution in [0.15, 0.2) is 42.6 Å². The summed E-state index contributed by atoms with van der Waals surface area (Å²) < 4.78 is 5.20. The number of benzene rings is 2. The van der Waals surface area contributed by atoms with Crippen LogP contribution < -0.4 is 4.74 Å². The van der Waals surface area contributed by atoms with E-state index in [9.17, 15) is 0 Å². The van der Waals surface area contributed by atoms with Crippen LogP contribution >= 0.6 is 0 Å². The average molecular weight is 249 g/mol. The minimum atomic E-state index is 0.324. The first-order valence-corrected chi connectivity index (χ1v) is 5.83. The lowest BCUT2D eigenvalue weighted by Crippen LogP contribution is -1.83. The van der Waals surface area contributed by atoms with Crippen LogP contribution in [0, 0.1) is 11.3 Å². The van der Waals surface area contributed by atoms with Crippen molar-refractivity contribution in [3.63, 3.8) is 0 Å². The second kappa shape index (κ2) is 4.46. The van der Waals surface area contributed by atoms with E-state index >= 15 is 0 Å². The molecule has 1 N–H and O–H groups in total. The van der Waals surface area contributed by atoms with Crippen LogP contribution in [0.1, 0.15) is 5.82 Å². The average Bonchev–Trinajstić information content (AvgIpc) is 2.95. The topological polar surface area (TPSA) is 61.7 Å². The molecule has 0 fully saturated rings. The van der Waals surface area contributed by atoms with E-state index < -0.39 is 0 Å². The number of nitrogens with zero attached hydrogens (tertiary/aromatic N) is 2. The first-order chi connectivity index (χ1) is 9.30. The Balaban J connectivity index is 2.09. The molecule has 3 aromatic rings. The van der Waals surface area contributed by atoms with Crippen molar-refractivity contribution in [2.75, 3.05) is 7.11 Å². The fourth-order valence-electron chi connectivity index (χ4n) is 2.04. The van der Waals surface area contributed by atoms with Gasteiger partial charge >= 0.3 is 0 Å². The van der Waals surface area contributed by atoms with Gasteiger partial charge in [-0.05, 0) is 29.0 Å². The zero-order valence-corrected chi connectivity index (χ0v) is 10.3. The molecule has 92 valence electrons. The quantitative estimate of drug-likeness (QED) is 0.759. The molecule has 4 nitrogen and oxygen atoms in total. The van der Waals surface area contributed by atoms with Gasteiger partial charge in [-0.25, -0.2) is 4.98 Å². The number of hydrogen-bond acceptors (Lipinski definition) is 3. The third-order valence-corrected chi connectivity index (χ3v) is 3.04. The minimum Gasteiger partial charge on any atom is -0.497 e. The predicted octanol–water partition coefficient (Wildman–Crippen LogP) is 3.11. The first-order valence-electron chi connectivity index (χ1n) is 5.83. The molecule has 0 spiro atoms.